The lowest BCUT2D eigenvalue weighted by Gasteiger charge is -2.07. The van der Waals surface area contributed by atoms with Crippen molar-refractivity contribution in [1.29, 1.82) is 0 Å². The quantitative estimate of drug-likeness (QED) is 0.882. The molecule has 2 aromatic heterocycles. The van der Waals surface area contributed by atoms with E-state index in [9.17, 15) is 13.2 Å². The molecule has 0 spiro atoms. The van der Waals surface area contributed by atoms with Crippen molar-refractivity contribution in [3.05, 3.63) is 23.7 Å². The highest BCUT2D eigenvalue weighted by atomic mass is 19.4. The molecule has 0 atom stereocenters. The first-order chi connectivity index (χ1) is 10.9. The molecule has 1 amide bonds. The molecule has 2 fully saturated rings. The summed E-state index contributed by atoms with van der Waals surface area (Å²) in [6.45, 7) is -1.02. The van der Waals surface area contributed by atoms with Gasteiger partial charge in [0.25, 0.3) is 0 Å². The average Bonchev–Trinajstić information content (AvgIpc) is 3.35. The molecule has 23 heavy (non-hydrogen) atoms. The summed E-state index contributed by atoms with van der Waals surface area (Å²) in [6, 6.07) is 1.66. The van der Waals surface area contributed by atoms with Gasteiger partial charge in [0.1, 0.15) is 6.54 Å². The Morgan fingerprint density at radius 1 is 1.22 bits per heavy atom. The van der Waals surface area contributed by atoms with Gasteiger partial charge >= 0.3 is 6.18 Å². The van der Waals surface area contributed by atoms with E-state index in [0.29, 0.717) is 17.4 Å². The number of hydrogen-bond donors (Lipinski definition) is 1. The summed E-state index contributed by atoms with van der Waals surface area (Å²) in [7, 11) is 0. The number of alkyl halides is 3. The summed E-state index contributed by atoms with van der Waals surface area (Å²) in [5.41, 5.74) is 6.54. The average molecular weight is 326 g/mol. The van der Waals surface area contributed by atoms with Crippen molar-refractivity contribution in [3.8, 4) is 0 Å². The Morgan fingerprint density at radius 3 is 2.30 bits per heavy atom. The summed E-state index contributed by atoms with van der Waals surface area (Å²) in [5, 5.41) is 5.15. The fourth-order valence-corrected chi connectivity index (χ4v) is 2.78. The van der Waals surface area contributed by atoms with Gasteiger partial charge in [0.05, 0.1) is 16.9 Å². The molecular weight excluding hydrogens is 309 g/mol. The van der Waals surface area contributed by atoms with E-state index in [2.05, 4.69) is 15.8 Å². The molecule has 0 saturated heterocycles. The molecule has 0 unspecified atom stereocenters. The fourth-order valence-electron chi connectivity index (χ4n) is 2.78. The van der Waals surface area contributed by atoms with E-state index in [1.54, 1.807) is 12.3 Å². The number of pyridine rings is 1. The maximum absolute atomic E-state index is 12.7. The van der Waals surface area contributed by atoms with Crippen LogP contribution in [0.25, 0.3) is 10.9 Å². The molecule has 2 heterocycles. The third-order valence-electron chi connectivity index (χ3n) is 3.98. The maximum Gasteiger partial charge on any atom is 0.408 e. The molecule has 8 heteroatoms. The zero-order chi connectivity index (χ0) is 16.6. The number of aromatic nitrogens is 3. The highest BCUT2D eigenvalue weighted by Gasteiger charge is 2.36. The number of halogens is 3. The number of fused-ring (bicyclic) bond motifs is 1. The molecule has 2 saturated carbocycles. The highest BCUT2D eigenvalue weighted by Crippen LogP contribution is 2.48. The second-order valence-corrected chi connectivity index (χ2v) is 5.93. The van der Waals surface area contributed by atoms with E-state index in [-0.39, 0.29) is 6.41 Å². The van der Waals surface area contributed by atoms with E-state index < -0.39 is 12.7 Å². The van der Waals surface area contributed by atoms with Crippen LogP contribution < -0.4 is 5.73 Å². The minimum atomic E-state index is -4.25. The van der Waals surface area contributed by atoms with Crippen LogP contribution in [0.15, 0.2) is 12.3 Å². The van der Waals surface area contributed by atoms with Gasteiger partial charge in [-0.2, -0.15) is 18.3 Å². The van der Waals surface area contributed by atoms with Gasteiger partial charge in [0, 0.05) is 23.4 Å². The minimum Gasteiger partial charge on any atom is -0.372 e. The molecule has 0 aromatic carbocycles. The largest absolute Gasteiger partial charge is 0.408 e. The number of carbonyl (C=O) groups is 1. The zero-order valence-corrected chi connectivity index (χ0v) is 12.4. The lowest BCUT2D eigenvalue weighted by molar-refractivity contribution is -0.141. The fraction of sp³-hybridized carbons (Fsp3) is 0.533. The molecule has 2 N–H and O–H groups in total. The molecule has 0 bridgehead atoms. The Kier molecular flexibility index (Phi) is 3.99. The summed E-state index contributed by atoms with van der Waals surface area (Å²) in [4.78, 5) is 13.0. The number of carbonyl (C=O) groups excluding carboxylic acids is 1. The van der Waals surface area contributed by atoms with Crippen LogP contribution in [0, 0.1) is 0 Å². The first-order valence-electron chi connectivity index (χ1n) is 7.52. The molecule has 5 nitrogen and oxygen atoms in total. The van der Waals surface area contributed by atoms with Gasteiger partial charge in [-0.3, -0.25) is 14.5 Å². The van der Waals surface area contributed by atoms with Crippen LogP contribution in [0.5, 0.6) is 0 Å². The number of primary amides is 1. The van der Waals surface area contributed by atoms with Gasteiger partial charge in [-0.25, -0.2) is 0 Å². The van der Waals surface area contributed by atoms with E-state index in [1.165, 1.54) is 0 Å². The Balaban J connectivity index is 0.000000485. The van der Waals surface area contributed by atoms with Crippen molar-refractivity contribution in [2.75, 3.05) is 0 Å². The highest BCUT2D eigenvalue weighted by molar-refractivity contribution is 5.85. The summed E-state index contributed by atoms with van der Waals surface area (Å²) in [5.74, 6) is 0.744. The van der Waals surface area contributed by atoms with Gasteiger partial charge in [0.15, 0.2) is 0 Å². The molecule has 2 aliphatic carbocycles. The van der Waals surface area contributed by atoms with E-state index in [1.807, 2.05) is 0 Å². The van der Waals surface area contributed by atoms with Crippen LogP contribution in [0.2, 0.25) is 0 Å². The molecule has 2 aromatic rings. The Hall–Kier alpha value is -2.12. The van der Waals surface area contributed by atoms with Crippen LogP contribution in [-0.4, -0.2) is 27.4 Å². The third-order valence-corrected chi connectivity index (χ3v) is 3.98. The Bertz CT molecular complexity index is 717. The van der Waals surface area contributed by atoms with Crippen LogP contribution in [-0.2, 0) is 11.3 Å². The minimum absolute atomic E-state index is 0.250. The van der Waals surface area contributed by atoms with Crippen molar-refractivity contribution < 1.29 is 18.0 Å². The van der Waals surface area contributed by atoms with Crippen molar-refractivity contribution >= 4 is 17.3 Å². The smallest absolute Gasteiger partial charge is 0.372 e. The summed E-state index contributed by atoms with van der Waals surface area (Å²) < 4.78 is 39.2. The third kappa shape index (κ3) is 3.46. The molecule has 4 rings (SSSR count). The van der Waals surface area contributed by atoms with Crippen molar-refractivity contribution in [2.24, 2.45) is 5.73 Å². The molecule has 2 aliphatic rings. The van der Waals surface area contributed by atoms with Crippen molar-refractivity contribution in [1.82, 2.24) is 14.8 Å². The lowest BCUT2D eigenvalue weighted by atomic mass is 10.1. The number of amides is 1. The van der Waals surface area contributed by atoms with E-state index in [4.69, 9.17) is 4.79 Å². The molecule has 0 aliphatic heterocycles. The Morgan fingerprint density at radius 2 is 1.78 bits per heavy atom. The molecule has 124 valence electrons. The predicted molar refractivity (Wildman–Crippen MR) is 77.8 cm³/mol. The first kappa shape index (κ1) is 15.8. The topological polar surface area (TPSA) is 73.8 Å². The second-order valence-electron chi connectivity index (χ2n) is 5.93. The number of nitrogens with zero attached hydrogens (tertiary/aromatic N) is 3. The summed E-state index contributed by atoms with van der Waals surface area (Å²) in [6.07, 6.45) is 1.83. The van der Waals surface area contributed by atoms with Crippen LogP contribution in [0.3, 0.4) is 0 Å². The van der Waals surface area contributed by atoms with E-state index >= 15 is 0 Å². The normalized spacial score (nSPS) is 17.7. The van der Waals surface area contributed by atoms with Gasteiger partial charge in [-0.05, 0) is 31.7 Å². The van der Waals surface area contributed by atoms with Crippen molar-refractivity contribution in [3.63, 3.8) is 0 Å². The van der Waals surface area contributed by atoms with Crippen molar-refractivity contribution in [2.45, 2.75) is 50.2 Å². The SMILES string of the molecule is FC(F)(F)Cn1nc(C2CC2)c2c(C3CC3)nccc21.NC=O. The van der Waals surface area contributed by atoms with E-state index in [0.717, 1.165) is 47.1 Å². The van der Waals surface area contributed by atoms with Crippen LogP contribution >= 0.6 is 0 Å². The van der Waals surface area contributed by atoms with Gasteiger partial charge < -0.3 is 5.73 Å². The summed E-state index contributed by atoms with van der Waals surface area (Å²) >= 11 is 0. The maximum atomic E-state index is 12.7. The van der Waals surface area contributed by atoms with Crippen LogP contribution in [0.4, 0.5) is 13.2 Å². The van der Waals surface area contributed by atoms with Gasteiger partial charge in [0.2, 0.25) is 6.41 Å². The van der Waals surface area contributed by atoms with Gasteiger partial charge in [-0.1, -0.05) is 0 Å². The zero-order valence-electron chi connectivity index (χ0n) is 12.4. The molecular formula is C15H17F3N4O. The first-order valence-corrected chi connectivity index (χ1v) is 7.52. The van der Waals surface area contributed by atoms with Crippen LogP contribution in [0.1, 0.15) is 48.9 Å². The standard InChI is InChI=1S/C14H14F3N3.CH3NO/c15-14(16,17)7-20-10-5-6-18-12(8-1-2-8)11(10)13(19-20)9-3-4-9;2-1-3/h5-6,8-9H,1-4,7H2;1H,(H2,2,3). The second kappa shape index (κ2) is 5.82. The number of hydrogen-bond acceptors (Lipinski definition) is 3. The molecule has 0 radical (unpaired) electrons. The number of rotatable bonds is 3. The number of nitrogens with two attached hydrogens (primary N) is 1. The van der Waals surface area contributed by atoms with Gasteiger partial charge in [-0.15, -0.1) is 0 Å². The predicted octanol–water partition coefficient (Wildman–Crippen LogP) is 2.85. The Labute approximate surface area is 130 Å². The monoisotopic (exact) mass is 326 g/mol. The lowest BCUT2D eigenvalue weighted by Crippen LogP contribution is -2.18.